The van der Waals surface area contributed by atoms with E-state index in [1.54, 1.807) is 30.5 Å². The molecule has 0 spiro atoms. The first kappa shape index (κ1) is 17.1. The third-order valence-electron chi connectivity index (χ3n) is 4.65. The minimum Gasteiger partial charge on any atom is -0.454 e. The Morgan fingerprint density at radius 3 is 2.66 bits per heavy atom. The summed E-state index contributed by atoms with van der Waals surface area (Å²) in [4.78, 5) is 17.0. The number of amides is 1. The number of anilines is 3. The highest BCUT2D eigenvalue weighted by atomic mass is 16.7. The first-order chi connectivity index (χ1) is 14.2. The van der Waals surface area contributed by atoms with Crippen LogP contribution in [0.1, 0.15) is 10.4 Å². The van der Waals surface area contributed by atoms with Crippen molar-refractivity contribution < 1.29 is 14.3 Å². The number of aromatic nitrogens is 1. The summed E-state index contributed by atoms with van der Waals surface area (Å²) in [5.41, 5.74) is 3.90. The number of hydrogen-bond acceptors (Lipinski definition) is 5. The average Bonchev–Trinajstić information content (AvgIpc) is 3.22. The Bertz CT molecular complexity index is 1220. The zero-order valence-corrected chi connectivity index (χ0v) is 15.4. The molecule has 0 saturated heterocycles. The van der Waals surface area contributed by atoms with Crippen LogP contribution in [0.3, 0.4) is 0 Å². The van der Waals surface area contributed by atoms with Gasteiger partial charge in [0, 0.05) is 40.3 Å². The molecule has 2 heterocycles. The SMILES string of the molecule is O=C(Nc1ccc2c(c1)OCO2)c1cccc(Nc2ccc3ncccc3c2)c1. The number of nitrogens with zero attached hydrogens (tertiary/aromatic N) is 1. The van der Waals surface area contributed by atoms with Crippen LogP contribution in [0.2, 0.25) is 0 Å². The van der Waals surface area contributed by atoms with Gasteiger partial charge in [-0.05, 0) is 54.6 Å². The Morgan fingerprint density at radius 2 is 1.69 bits per heavy atom. The molecule has 0 fully saturated rings. The lowest BCUT2D eigenvalue weighted by Gasteiger charge is -2.10. The second-order valence-corrected chi connectivity index (χ2v) is 6.64. The van der Waals surface area contributed by atoms with Crippen molar-refractivity contribution >= 4 is 33.9 Å². The fraction of sp³-hybridized carbons (Fsp3) is 0.0435. The smallest absolute Gasteiger partial charge is 0.255 e. The minimum atomic E-state index is -0.199. The molecule has 0 bridgehead atoms. The van der Waals surface area contributed by atoms with E-state index in [2.05, 4.69) is 15.6 Å². The van der Waals surface area contributed by atoms with Gasteiger partial charge < -0.3 is 20.1 Å². The van der Waals surface area contributed by atoms with E-state index in [1.807, 2.05) is 48.5 Å². The van der Waals surface area contributed by atoms with Gasteiger partial charge in [-0.1, -0.05) is 12.1 Å². The molecule has 0 atom stereocenters. The summed E-state index contributed by atoms with van der Waals surface area (Å²) in [6.07, 6.45) is 1.78. The molecule has 1 amide bonds. The Balaban J connectivity index is 1.34. The van der Waals surface area contributed by atoms with Gasteiger partial charge in [-0.25, -0.2) is 0 Å². The van der Waals surface area contributed by atoms with Crippen molar-refractivity contribution in [1.29, 1.82) is 0 Å². The molecule has 6 heteroatoms. The van der Waals surface area contributed by atoms with Crippen LogP contribution in [0.5, 0.6) is 11.5 Å². The zero-order chi connectivity index (χ0) is 19.6. The first-order valence-corrected chi connectivity index (χ1v) is 9.17. The molecule has 1 aliphatic heterocycles. The Kier molecular flexibility index (Phi) is 4.22. The van der Waals surface area contributed by atoms with E-state index in [4.69, 9.17) is 9.47 Å². The van der Waals surface area contributed by atoms with E-state index >= 15 is 0 Å². The number of rotatable bonds is 4. The lowest BCUT2D eigenvalue weighted by atomic mass is 10.1. The van der Waals surface area contributed by atoms with Crippen LogP contribution in [-0.2, 0) is 0 Å². The van der Waals surface area contributed by atoms with E-state index in [1.165, 1.54) is 0 Å². The molecule has 5 rings (SSSR count). The predicted octanol–water partition coefficient (Wildman–Crippen LogP) is 4.96. The molecule has 6 nitrogen and oxygen atoms in total. The maximum Gasteiger partial charge on any atom is 0.255 e. The minimum absolute atomic E-state index is 0.199. The van der Waals surface area contributed by atoms with Gasteiger partial charge in [0.05, 0.1) is 5.52 Å². The maximum atomic E-state index is 12.7. The molecule has 0 unspecified atom stereocenters. The molecule has 1 aliphatic rings. The number of pyridine rings is 1. The maximum absolute atomic E-state index is 12.7. The number of ether oxygens (including phenoxy) is 2. The van der Waals surface area contributed by atoms with E-state index in [0.717, 1.165) is 22.3 Å². The van der Waals surface area contributed by atoms with Crippen LogP contribution >= 0.6 is 0 Å². The molecule has 0 saturated carbocycles. The highest BCUT2D eigenvalue weighted by Crippen LogP contribution is 2.34. The van der Waals surface area contributed by atoms with Crippen LogP contribution in [-0.4, -0.2) is 17.7 Å². The number of benzene rings is 3. The van der Waals surface area contributed by atoms with E-state index in [0.29, 0.717) is 22.7 Å². The van der Waals surface area contributed by atoms with Gasteiger partial charge in [0.2, 0.25) is 6.79 Å². The molecule has 2 N–H and O–H groups in total. The summed E-state index contributed by atoms with van der Waals surface area (Å²) in [7, 11) is 0. The van der Waals surface area contributed by atoms with Crippen molar-refractivity contribution in [3.05, 3.63) is 84.6 Å². The van der Waals surface area contributed by atoms with Crippen molar-refractivity contribution in [1.82, 2.24) is 4.98 Å². The predicted molar refractivity (Wildman–Crippen MR) is 112 cm³/mol. The molecule has 1 aromatic heterocycles. The highest BCUT2D eigenvalue weighted by Gasteiger charge is 2.15. The fourth-order valence-corrected chi connectivity index (χ4v) is 3.24. The van der Waals surface area contributed by atoms with Gasteiger partial charge in [0.1, 0.15) is 0 Å². The second-order valence-electron chi connectivity index (χ2n) is 6.64. The molecule has 4 aromatic rings. The van der Waals surface area contributed by atoms with Gasteiger partial charge >= 0.3 is 0 Å². The van der Waals surface area contributed by atoms with Crippen LogP contribution in [0.4, 0.5) is 17.1 Å². The molecule has 29 heavy (non-hydrogen) atoms. The monoisotopic (exact) mass is 383 g/mol. The molecular formula is C23H17N3O3. The van der Waals surface area contributed by atoms with E-state index in [9.17, 15) is 4.79 Å². The van der Waals surface area contributed by atoms with Crippen molar-refractivity contribution in [2.45, 2.75) is 0 Å². The van der Waals surface area contributed by atoms with Crippen molar-refractivity contribution in [3.63, 3.8) is 0 Å². The number of carbonyl (C=O) groups is 1. The lowest BCUT2D eigenvalue weighted by Crippen LogP contribution is -2.12. The zero-order valence-electron chi connectivity index (χ0n) is 15.4. The topological polar surface area (TPSA) is 72.5 Å². The Morgan fingerprint density at radius 1 is 0.828 bits per heavy atom. The number of hydrogen-bond donors (Lipinski definition) is 2. The molecule has 0 radical (unpaired) electrons. The summed E-state index contributed by atoms with van der Waals surface area (Å²) in [6, 6.07) is 22.6. The fourth-order valence-electron chi connectivity index (χ4n) is 3.24. The van der Waals surface area contributed by atoms with Gasteiger partial charge in [-0.2, -0.15) is 0 Å². The van der Waals surface area contributed by atoms with Crippen LogP contribution in [0.15, 0.2) is 79.0 Å². The number of carbonyl (C=O) groups excluding carboxylic acids is 1. The van der Waals surface area contributed by atoms with Crippen molar-refractivity contribution in [3.8, 4) is 11.5 Å². The Labute approximate surface area is 167 Å². The number of nitrogens with one attached hydrogen (secondary N) is 2. The van der Waals surface area contributed by atoms with Crippen molar-refractivity contribution in [2.24, 2.45) is 0 Å². The summed E-state index contributed by atoms with van der Waals surface area (Å²) in [6.45, 7) is 0.200. The van der Waals surface area contributed by atoms with Gasteiger partial charge in [-0.15, -0.1) is 0 Å². The standard InChI is InChI=1S/C23H17N3O3/c27-23(26-19-7-9-21-22(13-19)29-14-28-21)16-3-1-5-17(12-16)25-18-6-8-20-15(11-18)4-2-10-24-20/h1-13,25H,14H2,(H,26,27). The van der Waals surface area contributed by atoms with Crippen molar-refractivity contribution in [2.75, 3.05) is 17.4 Å². The summed E-state index contributed by atoms with van der Waals surface area (Å²) >= 11 is 0. The van der Waals surface area contributed by atoms with Gasteiger partial charge in [0.15, 0.2) is 11.5 Å². The molecule has 142 valence electrons. The Hall–Kier alpha value is -4.06. The molecular weight excluding hydrogens is 366 g/mol. The largest absolute Gasteiger partial charge is 0.454 e. The molecule has 3 aromatic carbocycles. The van der Waals surface area contributed by atoms with Crippen LogP contribution in [0, 0.1) is 0 Å². The van der Waals surface area contributed by atoms with Crippen LogP contribution < -0.4 is 20.1 Å². The van der Waals surface area contributed by atoms with Gasteiger partial charge in [-0.3, -0.25) is 9.78 Å². The van der Waals surface area contributed by atoms with E-state index < -0.39 is 0 Å². The lowest BCUT2D eigenvalue weighted by molar-refractivity contribution is 0.102. The quantitative estimate of drug-likeness (QED) is 0.521. The van der Waals surface area contributed by atoms with Crippen LogP contribution in [0.25, 0.3) is 10.9 Å². The summed E-state index contributed by atoms with van der Waals surface area (Å²) in [5, 5.41) is 7.29. The number of fused-ring (bicyclic) bond motifs is 2. The highest BCUT2D eigenvalue weighted by molar-refractivity contribution is 6.05. The third-order valence-corrected chi connectivity index (χ3v) is 4.65. The van der Waals surface area contributed by atoms with Gasteiger partial charge in [0.25, 0.3) is 5.91 Å². The summed E-state index contributed by atoms with van der Waals surface area (Å²) in [5.74, 6) is 1.11. The average molecular weight is 383 g/mol. The summed E-state index contributed by atoms with van der Waals surface area (Å²) < 4.78 is 10.6. The first-order valence-electron chi connectivity index (χ1n) is 9.17. The molecule has 0 aliphatic carbocycles. The second kappa shape index (κ2) is 7.16. The van der Waals surface area contributed by atoms with E-state index in [-0.39, 0.29) is 12.7 Å². The normalized spacial score (nSPS) is 12.0. The third kappa shape index (κ3) is 3.55.